The van der Waals surface area contributed by atoms with Gasteiger partial charge >= 0.3 is 5.97 Å². The average Bonchev–Trinajstić information content (AvgIpc) is 2.66. The van der Waals surface area contributed by atoms with Gasteiger partial charge in [0.15, 0.2) is 12.4 Å². The van der Waals surface area contributed by atoms with Crippen LogP contribution >= 0.6 is 0 Å². The Kier molecular flexibility index (Phi) is 7.55. The van der Waals surface area contributed by atoms with Crippen LogP contribution in [-0.4, -0.2) is 37.4 Å². The van der Waals surface area contributed by atoms with Crippen LogP contribution in [0.5, 0.6) is 5.75 Å². The Morgan fingerprint density at radius 3 is 2.37 bits per heavy atom. The lowest BCUT2D eigenvalue weighted by Crippen LogP contribution is -2.43. The number of hydrogen-bond donors (Lipinski definition) is 1. The molecule has 0 aliphatic heterocycles. The van der Waals surface area contributed by atoms with E-state index in [4.69, 9.17) is 9.47 Å². The number of nitrogens with one attached hydrogen (secondary N) is 1. The summed E-state index contributed by atoms with van der Waals surface area (Å²) in [5.74, 6) is -0.552. The second-order valence-corrected chi connectivity index (χ2v) is 6.11. The number of ether oxygens (including phenoxy) is 2. The molecule has 1 atom stereocenters. The number of hydrogen-bond acceptors (Lipinski definition) is 5. The molecular weight excluding hydrogens is 346 g/mol. The first kappa shape index (κ1) is 20.2. The van der Waals surface area contributed by atoms with Crippen molar-refractivity contribution in [2.75, 3.05) is 13.7 Å². The van der Waals surface area contributed by atoms with Crippen molar-refractivity contribution >= 4 is 17.7 Å². The van der Waals surface area contributed by atoms with Gasteiger partial charge in [0.05, 0.1) is 19.6 Å². The number of esters is 1. The van der Waals surface area contributed by atoms with Crippen molar-refractivity contribution in [1.29, 1.82) is 0 Å². The van der Waals surface area contributed by atoms with E-state index in [-0.39, 0.29) is 12.2 Å². The summed E-state index contributed by atoms with van der Waals surface area (Å²) in [6, 6.07) is 15.8. The molecule has 0 saturated carbocycles. The van der Waals surface area contributed by atoms with Crippen molar-refractivity contribution in [2.24, 2.45) is 0 Å². The summed E-state index contributed by atoms with van der Waals surface area (Å²) in [6.45, 7) is 0.990. The quantitative estimate of drug-likeness (QED) is 0.685. The van der Waals surface area contributed by atoms with E-state index in [1.807, 2.05) is 30.3 Å². The maximum Gasteiger partial charge on any atom is 0.310 e. The summed E-state index contributed by atoms with van der Waals surface area (Å²) in [5, 5.41) is 2.62. The Morgan fingerprint density at radius 1 is 1.00 bits per heavy atom. The van der Waals surface area contributed by atoms with E-state index in [2.05, 4.69) is 5.32 Å². The van der Waals surface area contributed by atoms with E-state index in [1.165, 1.54) is 6.92 Å². The Morgan fingerprint density at radius 2 is 1.70 bits per heavy atom. The zero-order valence-electron chi connectivity index (χ0n) is 15.4. The summed E-state index contributed by atoms with van der Waals surface area (Å²) < 4.78 is 10.1. The molecule has 0 saturated heterocycles. The van der Waals surface area contributed by atoms with Crippen molar-refractivity contribution in [3.05, 3.63) is 65.7 Å². The summed E-state index contributed by atoms with van der Waals surface area (Å²) in [4.78, 5) is 35.8. The molecule has 0 radical (unpaired) electrons. The molecule has 0 fully saturated rings. The lowest BCUT2D eigenvalue weighted by atomic mass is 10.0. The molecule has 0 bridgehead atoms. The third kappa shape index (κ3) is 6.93. The molecule has 0 spiro atoms. The highest BCUT2D eigenvalue weighted by Crippen LogP contribution is 2.13. The second-order valence-electron chi connectivity index (χ2n) is 6.11. The molecule has 0 unspecified atom stereocenters. The van der Waals surface area contributed by atoms with Gasteiger partial charge in [0.2, 0.25) is 0 Å². The number of carbonyl (C=O) groups excluding carboxylic acids is 3. The fourth-order valence-electron chi connectivity index (χ4n) is 2.53. The van der Waals surface area contributed by atoms with E-state index in [9.17, 15) is 14.4 Å². The minimum atomic E-state index is -0.656. The Balaban J connectivity index is 1.82. The highest BCUT2D eigenvalue weighted by atomic mass is 16.5. The first-order chi connectivity index (χ1) is 13.0. The molecule has 0 aliphatic carbocycles. The molecule has 1 amide bonds. The van der Waals surface area contributed by atoms with Gasteiger partial charge < -0.3 is 14.8 Å². The lowest BCUT2D eigenvalue weighted by molar-refractivity contribution is -0.148. The van der Waals surface area contributed by atoms with Gasteiger partial charge in [0.1, 0.15) is 5.75 Å². The van der Waals surface area contributed by atoms with E-state index in [0.717, 1.165) is 11.1 Å². The number of amides is 1. The highest BCUT2D eigenvalue weighted by Gasteiger charge is 2.18. The predicted molar refractivity (Wildman–Crippen MR) is 100 cm³/mol. The fraction of sp³-hybridized carbons (Fsp3) is 0.286. The third-order valence-electron chi connectivity index (χ3n) is 3.96. The third-order valence-corrected chi connectivity index (χ3v) is 3.96. The van der Waals surface area contributed by atoms with Gasteiger partial charge in [-0.1, -0.05) is 42.5 Å². The van der Waals surface area contributed by atoms with E-state index in [1.54, 1.807) is 31.4 Å². The molecule has 0 aromatic heterocycles. The van der Waals surface area contributed by atoms with Crippen molar-refractivity contribution in [3.8, 4) is 5.75 Å². The van der Waals surface area contributed by atoms with Crippen LogP contribution in [0.1, 0.15) is 18.1 Å². The zero-order chi connectivity index (χ0) is 19.6. The topological polar surface area (TPSA) is 81.7 Å². The Bertz CT molecular complexity index is 788. The first-order valence-electron chi connectivity index (χ1n) is 8.60. The first-order valence-corrected chi connectivity index (χ1v) is 8.60. The number of methoxy groups -OCH3 is 1. The molecule has 2 aromatic carbocycles. The molecule has 2 rings (SSSR count). The monoisotopic (exact) mass is 369 g/mol. The van der Waals surface area contributed by atoms with Crippen LogP contribution in [0.15, 0.2) is 54.6 Å². The minimum Gasteiger partial charge on any atom is -0.497 e. The summed E-state index contributed by atoms with van der Waals surface area (Å²) >= 11 is 0. The summed E-state index contributed by atoms with van der Waals surface area (Å²) in [6.07, 6.45) is 0.421. The minimum absolute atomic E-state index is 0.0324. The van der Waals surface area contributed by atoms with Gasteiger partial charge in [-0.3, -0.25) is 14.4 Å². The van der Waals surface area contributed by atoms with Gasteiger partial charge in [0.25, 0.3) is 5.91 Å². The number of ketones is 1. The van der Waals surface area contributed by atoms with E-state index >= 15 is 0 Å². The highest BCUT2D eigenvalue weighted by molar-refractivity contribution is 5.89. The van der Waals surface area contributed by atoms with Crippen molar-refractivity contribution in [1.82, 2.24) is 5.32 Å². The molecule has 6 heteroatoms. The van der Waals surface area contributed by atoms with Crippen LogP contribution in [0, 0.1) is 0 Å². The molecule has 27 heavy (non-hydrogen) atoms. The number of carbonyl (C=O) groups is 3. The van der Waals surface area contributed by atoms with E-state index < -0.39 is 24.5 Å². The average molecular weight is 369 g/mol. The second kappa shape index (κ2) is 10.1. The van der Waals surface area contributed by atoms with Crippen molar-refractivity contribution in [3.63, 3.8) is 0 Å². The molecular formula is C21H23NO5. The standard InChI is InChI=1S/C21H23NO5/c1-15(23)19(12-16-7-4-3-5-8-16)22-20(24)14-27-21(25)13-17-9-6-10-18(11-17)26-2/h3-11,19H,12-14H2,1-2H3,(H,22,24)/t19-/m1/s1. The molecule has 6 nitrogen and oxygen atoms in total. The Hall–Kier alpha value is -3.15. The van der Waals surface area contributed by atoms with E-state index in [0.29, 0.717) is 12.2 Å². The maximum absolute atomic E-state index is 12.0. The van der Waals surface area contributed by atoms with Crippen LogP contribution in [-0.2, 0) is 32.0 Å². The summed E-state index contributed by atoms with van der Waals surface area (Å²) in [5.41, 5.74) is 1.67. The smallest absolute Gasteiger partial charge is 0.310 e. The molecule has 1 N–H and O–H groups in total. The fourth-order valence-corrected chi connectivity index (χ4v) is 2.53. The van der Waals surface area contributed by atoms with Gasteiger partial charge in [-0.25, -0.2) is 0 Å². The number of benzene rings is 2. The van der Waals surface area contributed by atoms with Crippen LogP contribution < -0.4 is 10.1 Å². The number of Topliss-reactive ketones (excluding diaryl/α,β-unsaturated/α-hetero) is 1. The molecule has 0 aliphatic rings. The zero-order valence-corrected chi connectivity index (χ0v) is 15.4. The Labute approximate surface area is 158 Å². The van der Waals surface area contributed by atoms with Crippen molar-refractivity contribution < 1.29 is 23.9 Å². The largest absolute Gasteiger partial charge is 0.497 e. The normalized spacial score (nSPS) is 11.3. The molecule has 142 valence electrons. The number of rotatable bonds is 9. The van der Waals surface area contributed by atoms with Crippen LogP contribution in [0.4, 0.5) is 0 Å². The van der Waals surface area contributed by atoms with Gasteiger partial charge in [-0.15, -0.1) is 0 Å². The maximum atomic E-state index is 12.0. The predicted octanol–water partition coefficient (Wildman–Crippen LogP) is 2.10. The van der Waals surface area contributed by atoms with Crippen LogP contribution in [0.3, 0.4) is 0 Å². The lowest BCUT2D eigenvalue weighted by Gasteiger charge is -2.16. The molecule has 0 heterocycles. The SMILES string of the molecule is COc1cccc(CC(=O)OCC(=O)N[C@H](Cc2ccccc2)C(C)=O)c1. The molecule has 2 aromatic rings. The van der Waals surface area contributed by atoms with Crippen LogP contribution in [0.2, 0.25) is 0 Å². The van der Waals surface area contributed by atoms with Gasteiger partial charge in [-0.05, 0) is 36.6 Å². The van der Waals surface area contributed by atoms with Gasteiger partial charge in [-0.2, -0.15) is 0 Å². The van der Waals surface area contributed by atoms with Crippen LogP contribution in [0.25, 0.3) is 0 Å². The summed E-state index contributed by atoms with van der Waals surface area (Å²) in [7, 11) is 1.54. The van der Waals surface area contributed by atoms with Crippen molar-refractivity contribution in [2.45, 2.75) is 25.8 Å². The van der Waals surface area contributed by atoms with Gasteiger partial charge in [0, 0.05) is 0 Å².